The van der Waals surface area contributed by atoms with Crippen molar-refractivity contribution >= 4 is 22.0 Å². The molecule has 5 heteroatoms. The summed E-state index contributed by atoms with van der Waals surface area (Å²) >= 11 is 3.51. The summed E-state index contributed by atoms with van der Waals surface area (Å²) in [6.45, 7) is 4.60. The second-order valence-electron chi connectivity index (χ2n) is 4.00. The van der Waals surface area contributed by atoms with Gasteiger partial charge in [0.15, 0.2) is 0 Å². The molecule has 0 radical (unpaired) electrons. The molecule has 0 saturated carbocycles. The molecule has 1 rings (SSSR count). The Morgan fingerprint density at radius 2 is 2.22 bits per heavy atom. The van der Waals surface area contributed by atoms with Crippen molar-refractivity contribution in [2.75, 3.05) is 6.61 Å². The number of benzene rings is 1. The first-order chi connectivity index (χ1) is 8.56. The molecular weight excluding hydrogens is 296 g/mol. The quantitative estimate of drug-likeness (QED) is 0.848. The van der Waals surface area contributed by atoms with E-state index in [1.165, 1.54) is 0 Å². The third kappa shape index (κ3) is 4.56. The molecule has 100 valence electrons. The van der Waals surface area contributed by atoms with Gasteiger partial charge in [-0.1, -0.05) is 22.9 Å². The normalized spacial score (nSPS) is 11.9. The highest BCUT2D eigenvalue weighted by Crippen LogP contribution is 2.24. The zero-order chi connectivity index (χ0) is 13.5. The van der Waals surface area contributed by atoms with Crippen molar-refractivity contribution in [3.05, 3.63) is 28.2 Å². The lowest BCUT2D eigenvalue weighted by Crippen LogP contribution is -2.39. The SMILES string of the molecule is CCOc1ccc(Br)c(CC(CC)NC(N)=O)c1. The average molecular weight is 315 g/mol. The highest BCUT2D eigenvalue weighted by atomic mass is 79.9. The van der Waals surface area contributed by atoms with Crippen LogP contribution in [0.3, 0.4) is 0 Å². The zero-order valence-electron chi connectivity index (χ0n) is 10.7. The van der Waals surface area contributed by atoms with Gasteiger partial charge in [-0.2, -0.15) is 0 Å². The minimum Gasteiger partial charge on any atom is -0.494 e. The van der Waals surface area contributed by atoms with Gasteiger partial charge in [0.1, 0.15) is 5.75 Å². The van der Waals surface area contributed by atoms with Crippen LogP contribution < -0.4 is 15.8 Å². The maximum atomic E-state index is 10.9. The predicted molar refractivity (Wildman–Crippen MR) is 75.8 cm³/mol. The number of carbonyl (C=O) groups is 1. The van der Waals surface area contributed by atoms with Gasteiger partial charge in [-0.05, 0) is 43.5 Å². The molecule has 18 heavy (non-hydrogen) atoms. The summed E-state index contributed by atoms with van der Waals surface area (Å²) in [5, 5.41) is 2.73. The van der Waals surface area contributed by atoms with Gasteiger partial charge in [0.25, 0.3) is 0 Å². The number of amides is 2. The molecule has 0 aliphatic carbocycles. The van der Waals surface area contributed by atoms with E-state index in [-0.39, 0.29) is 6.04 Å². The summed E-state index contributed by atoms with van der Waals surface area (Å²) in [4.78, 5) is 10.9. The number of ether oxygens (including phenoxy) is 1. The fraction of sp³-hybridized carbons (Fsp3) is 0.462. The third-order valence-corrected chi connectivity index (χ3v) is 3.41. The number of urea groups is 1. The highest BCUT2D eigenvalue weighted by Gasteiger charge is 2.12. The molecule has 2 amide bonds. The third-order valence-electron chi connectivity index (χ3n) is 2.63. The van der Waals surface area contributed by atoms with Crippen LogP contribution in [0, 0.1) is 0 Å². The Morgan fingerprint density at radius 1 is 1.50 bits per heavy atom. The van der Waals surface area contributed by atoms with Gasteiger partial charge in [-0.25, -0.2) is 4.79 Å². The molecule has 0 aliphatic rings. The minimum atomic E-state index is -0.487. The molecule has 3 N–H and O–H groups in total. The molecule has 0 spiro atoms. The van der Waals surface area contributed by atoms with E-state index in [2.05, 4.69) is 21.2 Å². The largest absolute Gasteiger partial charge is 0.494 e. The van der Waals surface area contributed by atoms with Crippen LogP contribution in [0.5, 0.6) is 5.75 Å². The van der Waals surface area contributed by atoms with Crippen LogP contribution in [0.1, 0.15) is 25.8 Å². The molecule has 1 atom stereocenters. The van der Waals surface area contributed by atoms with Crippen LogP contribution in [0.15, 0.2) is 22.7 Å². The number of hydrogen-bond acceptors (Lipinski definition) is 2. The van der Waals surface area contributed by atoms with E-state index in [0.29, 0.717) is 6.61 Å². The number of hydrogen-bond donors (Lipinski definition) is 2. The van der Waals surface area contributed by atoms with Gasteiger partial charge < -0.3 is 15.8 Å². The molecule has 1 unspecified atom stereocenters. The van der Waals surface area contributed by atoms with E-state index in [1.54, 1.807) is 0 Å². The summed E-state index contributed by atoms with van der Waals surface area (Å²) in [5.74, 6) is 0.838. The van der Waals surface area contributed by atoms with E-state index in [9.17, 15) is 4.79 Å². The Bertz CT molecular complexity index is 410. The van der Waals surface area contributed by atoms with Crippen molar-refractivity contribution in [2.45, 2.75) is 32.7 Å². The molecule has 1 aromatic carbocycles. The summed E-state index contributed by atoms with van der Waals surface area (Å²) < 4.78 is 6.47. The van der Waals surface area contributed by atoms with E-state index in [4.69, 9.17) is 10.5 Å². The summed E-state index contributed by atoms with van der Waals surface area (Å²) in [7, 11) is 0. The minimum absolute atomic E-state index is 0.0377. The van der Waals surface area contributed by atoms with Crippen molar-refractivity contribution in [3.8, 4) is 5.75 Å². The molecule has 0 heterocycles. The maximum Gasteiger partial charge on any atom is 0.312 e. The van der Waals surface area contributed by atoms with Gasteiger partial charge in [0, 0.05) is 10.5 Å². The molecule has 4 nitrogen and oxygen atoms in total. The van der Waals surface area contributed by atoms with E-state index in [0.717, 1.165) is 28.6 Å². The molecule has 0 fully saturated rings. The number of halogens is 1. The fourth-order valence-corrected chi connectivity index (χ4v) is 2.14. The lowest BCUT2D eigenvalue weighted by Gasteiger charge is -2.17. The first-order valence-corrected chi connectivity index (χ1v) is 6.83. The number of nitrogens with one attached hydrogen (secondary N) is 1. The smallest absolute Gasteiger partial charge is 0.312 e. The van der Waals surface area contributed by atoms with Crippen LogP contribution in [-0.2, 0) is 6.42 Å². The molecule has 0 aromatic heterocycles. The van der Waals surface area contributed by atoms with Gasteiger partial charge >= 0.3 is 6.03 Å². The number of rotatable bonds is 6. The fourth-order valence-electron chi connectivity index (χ4n) is 1.73. The second-order valence-corrected chi connectivity index (χ2v) is 4.86. The number of carbonyl (C=O) groups excluding carboxylic acids is 1. The Hall–Kier alpha value is -1.23. The molecular formula is C13H19BrN2O2. The maximum absolute atomic E-state index is 10.9. The van der Waals surface area contributed by atoms with Gasteiger partial charge in [-0.3, -0.25) is 0 Å². The van der Waals surface area contributed by atoms with E-state index >= 15 is 0 Å². The van der Waals surface area contributed by atoms with E-state index < -0.39 is 6.03 Å². The van der Waals surface area contributed by atoms with Crippen LogP contribution in [0.25, 0.3) is 0 Å². The Labute approximate surface area is 116 Å². The Kier molecular flexibility index (Phi) is 5.98. The number of primary amides is 1. The predicted octanol–water partition coefficient (Wildman–Crippen LogP) is 2.84. The molecule has 1 aromatic rings. The summed E-state index contributed by atoms with van der Waals surface area (Å²) in [6, 6.07) is 5.41. The van der Waals surface area contributed by atoms with Crippen molar-refractivity contribution in [1.29, 1.82) is 0 Å². The average Bonchev–Trinajstić information content (AvgIpc) is 2.32. The van der Waals surface area contributed by atoms with Crippen molar-refractivity contribution < 1.29 is 9.53 Å². The van der Waals surface area contributed by atoms with Crippen molar-refractivity contribution in [1.82, 2.24) is 5.32 Å². The van der Waals surface area contributed by atoms with Crippen LogP contribution in [-0.4, -0.2) is 18.7 Å². The highest BCUT2D eigenvalue weighted by molar-refractivity contribution is 9.10. The van der Waals surface area contributed by atoms with Gasteiger partial charge in [0.2, 0.25) is 0 Å². The van der Waals surface area contributed by atoms with Gasteiger partial charge in [0.05, 0.1) is 6.61 Å². The lowest BCUT2D eigenvalue weighted by atomic mass is 10.0. The lowest BCUT2D eigenvalue weighted by molar-refractivity contribution is 0.244. The molecule has 0 saturated heterocycles. The van der Waals surface area contributed by atoms with Crippen molar-refractivity contribution in [3.63, 3.8) is 0 Å². The topological polar surface area (TPSA) is 64.3 Å². The zero-order valence-corrected chi connectivity index (χ0v) is 12.3. The summed E-state index contributed by atoms with van der Waals surface area (Å²) in [5.41, 5.74) is 6.25. The van der Waals surface area contributed by atoms with Crippen LogP contribution in [0.4, 0.5) is 4.79 Å². The van der Waals surface area contributed by atoms with Crippen LogP contribution in [0.2, 0.25) is 0 Å². The van der Waals surface area contributed by atoms with Crippen LogP contribution >= 0.6 is 15.9 Å². The summed E-state index contributed by atoms with van der Waals surface area (Å²) in [6.07, 6.45) is 1.55. The second kappa shape index (κ2) is 7.26. The van der Waals surface area contributed by atoms with Crippen molar-refractivity contribution in [2.24, 2.45) is 5.73 Å². The molecule has 0 aliphatic heterocycles. The Morgan fingerprint density at radius 3 is 2.78 bits per heavy atom. The monoisotopic (exact) mass is 314 g/mol. The first-order valence-electron chi connectivity index (χ1n) is 6.04. The van der Waals surface area contributed by atoms with E-state index in [1.807, 2.05) is 32.0 Å². The number of nitrogens with two attached hydrogens (primary N) is 1. The first kappa shape index (κ1) is 14.8. The standard InChI is InChI=1S/C13H19BrN2O2/c1-3-10(16-13(15)17)7-9-8-11(18-4-2)5-6-12(9)14/h5-6,8,10H,3-4,7H2,1-2H3,(H3,15,16,17). The Balaban J connectivity index is 2.80. The van der Waals surface area contributed by atoms with Gasteiger partial charge in [-0.15, -0.1) is 0 Å². The molecule has 0 bridgehead atoms.